The summed E-state index contributed by atoms with van der Waals surface area (Å²) in [5.41, 5.74) is 1.74. The van der Waals surface area contributed by atoms with Gasteiger partial charge in [0.15, 0.2) is 0 Å². The molecular formula is C18H13FN4. The molecule has 1 aromatic carbocycles. The summed E-state index contributed by atoms with van der Waals surface area (Å²) in [5, 5.41) is 8.98. The normalized spacial score (nSPS) is 24.3. The zero-order chi connectivity index (χ0) is 15.9. The lowest BCUT2D eigenvalue weighted by molar-refractivity contribution is 0.625. The van der Waals surface area contributed by atoms with Gasteiger partial charge < -0.3 is 4.90 Å². The van der Waals surface area contributed by atoms with Crippen molar-refractivity contribution >= 4 is 5.69 Å². The number of piperidine rings is 1. The van der Waals surface area contributed by atoms with Gasteiger partial charge in [0.1, 0.15) is 11.5 Å². The number of rotatable bonds is 1. The van der Waals surface area contributed by atoms with Gasteiger partial charge >= 0.3 is 0 Å². The van der Waals surface area contributed by atoms with Crippen molar-refractivity contribution < 1.29 is 4.39 Å². The molecule has 4 rings (SSSR count). The number of halogens is 1. The molecule has 1 saturated carbocycles. The van der Waals surface area contributed by atoms with E-state index in [0.29, 0.717) is 17.2 Å². The first-order valence-corrected chi connectivity index (χ1v) is 7.43. The number of anilines is 1. The molecule has 2 aromatic rings. The summed E-state index contributed by atoms with van der Waals surface area (Å²) in [6.07, 6.45) is 5.97. The number of benzene rings is 1. The molecule has 1 saturated heterocycles. The van der Waals surface area contributed by atoms with Crippen molar-refractivity contribution in [3.8, 4) is 17.9 Å². The summed E-state index contributed by atoms with van der Waals surface area (Å²) in [6, 6.07) is 6.47. The maximum atomic E-state index is 13.6. The minimum Gasteiger partial charge on any atom is -0.370 e. The van der Waals surface area contributed by atoms with E-state index in [9.17, 15) is 4.39 Å². The SMILES string of the molecule is N#Cc1cc(F)cc(N2CC3CC3(C#Cc3cnccn3)C2)c1. The molecule has 1 aliphatic carbocycles. The Labute approximate surface area is 133 Å². The first-order chi connectivity index (χ1) is 11.2. The van der Waals surface area contributed by atoms with Gasteiger partial charge in [0.05, 0.1) is 23.2 Å². The lowest BCUT2D eigenvalue weighted by atomic mass is 10.1. The Balaban J connectivity index is 1.56. The second kappa shape index (κ2) is 5.07. The van der Waals surface area contributed by atoms with Crippen molar-refractivity contribution in [1.29, 1.82) is 5.26 Å². The second-order valence-corrected chi connectivity index (χ2v) is 6.09. The van der Waals surface area contributed by atoms with Crippen LogP contribution in [0.15, 0.2) is 36.8 Å². The minimum absolute atomic E-state index is 0.0311. The van der Waals surface area contributed by atoms with Crippen LogP contribution in [-0.2, 0) is 0 Å². The molecule has 112 valence electrons. The summed E-state index contributed by atoms with van der Waals surface area (Å²) in [6.45, 7) is 1.61. The third kappa shape index (κ3) is 2.51. The van der Waals surface area contributed by atoms with Gasteiger partial charge in [-0.05, 0) is 36.5 Å². The van der Waals surface area contributed by atoms with E-state index >= 15 is 0 Å². The Bertz CT molecular complexity index is 862. The Morgan fingerprint density at radius 1 is 1.30 bits per heavy atom. The molecule has 2 atom stereocenters. The van der Waals surface area contributed by atoms with Crippen LogP contribution >= 0.6 is 0 Å². The summed E-state index contributed by atoms with van der Waals surface area (Å²) in [4.78, 5) is 10.3. The van der Waals surface area contributed by atoms with Crippen LogP contribution in [0.1, 0.15) is 17.7 Å². The van der Waals surface area contributed by atoms with Gasteiger partial charge in [-0.2, -0.15) is 5.26 Å². The van der Waals surface area contributed by atoms with Gasteiger partial charge in [-0.3, -0.25) is 4.98 Å². The predicted octanol–water partition coefficient (Wildman–Crippen LogP) is 2.37. The lowest BCUT2D eigenvalue weighted by Gasteiger charge is -2.21. The summed E-state index contributed by atoms with van der Waals surface area (Å²) >= 11 is 0. The number of nitrogens with zero attached hydrogens (tertiary/aromatic N) is 4. The van der Waals surface area contributed by atoms with E-state index in [4.69, 9.17) is 5.26 Å². The van der Waals surface area contributed by atoms with Gasteiger partial charge in [-0.15, -0.1) is 0 Å². The molecule has 0 N–H and O–H groups in total. The average Bonchev–Trinajstić information content (AvgIpc) is 3.14. The first kappa shape index (κ1) is 13.7. The zero-order valence-electron chi connectivity index (χ0n) is 12.3. The standard InChI is InChI=1S/C18H13FN4/c19-15-5-13(9-20)6-17(7-15)23-11-14-8-18(14,12-23)2-1-16-10-21-3-4-22-16/h3-7,10,14H,8,11-12H2. The Kier molecular flexibility index (Phi) is 3.02. The fourth-order valence-corrected chi connectivity index (χ4v) is 3.25. The lowest BCUT2D eigenvalue weighted by Crippen LogP contribution is -2.24. The van der Waals surface area contributed by atoms with Crippen LogP contribution < -0.4 is 4.90 Å². The van der Waals surface area contributed by atoms with E-state index in [2.05, 4.69) is 26.7 Å². The Morgan fingerprint density at radius 3 is 3.00 bits per heavy atom. The van der Waals surface area contributed by atoms with Crippen LogP contribution in [0.2, 0.25) is 0 Å². The van der Waals surface area contributed by atoms with Crippen LogP contribution in [0.5, 0.6) is 0 Å². The smallest absolute Gasteiger partial charge is 0.131 e. The molecule has 23 heavy (non-hydrogen) atoms. The summed E-state index contributed by atoms with van der Waals surface area (Å²) < 4.78 is 13.6. The number of hydrogen-bond donors (Lipinski definition) is 0. The van der Waals surface area contributed by atoms with Crippen molar-refractivity contribution in [2.75, 3.05) is 18.0 Å². The molecule has 2 fully saturated rings. The molecule has 2 aliphatic rings. The summed E-state index contributed by atoms with van der Waals surface area (Å²) in [7, 11) is 0. The molecule has 2 unspecified atom stereocenters. The maximum absolute atomic E-state index is 13.6. The van der Waals surface area contributed by atoms with Crippen molar-refractivity contribution in [1.82, 2.24) is 9.97 Å². The van der Waals surface area contributed by atoms with Crippen LogP contribution in [0.4, 0.5) is 10.1 Å². The van der Waals surface area contributed by atoms with E-state index in [1.165, 1.54) is 12.1 Å². The highest BCUT2D eigenvalue weighted by molar-refractivity contribution is 5.55. The fourth-order valence-electron chi connectivity index (χ4n) is 3.25. The average molecular weight is 304 g/mol. The number of aromatic nitrogens is 2. The molecule has 1 aliphatic heterocycles. The van der Waals surface area contributed by atoms with Crippen molar-refractivity contribution in [2.45, 2.75) is 6.42 Å². The third-order valence-corrected chi connectivity index (χ3v) is 4.53. The number of nitriles is 1. The summed E-state index contributed by atoms with van der Waals surface area (Å²) in [5.74, 6) is 6.56. The van der Waals surface area contributed by atoms with Crippen LogP contribution in [0.3, 0.4) is 0 Å². The third-order valence-electron chi connectivity index (χ3n) is 4.53. The Hall–Kier alpha value is -2.92. The van der Waals surface area contributed by atoms with Gasteiger partial charge in [-0.1, -0.05) is 5.92 Å². The predicted molar refractivity (Wildman–Crippen MR) is 82.8 cm³/mol. The fraction of sp³-hybridized carbons (Fsp3) is 0.278. The largest absolute Gasteiger partial charge is 0.370 e. The van der Waals surface area contributed by atoms with Gasteiger partial charge in [-0.25, -0.2) is 9.37 Å². The minimum atomic E-state index is -0.376. The number of fused-ring (bicyclic) bond motifs is 1. The van der Waals surface area contributed by atoms with Crippen LogP contribution in [0, 0.1) is 40.3 Å². The quantitative estimate of drug-likeness (QED) is 0.759. The van der Waals surface area contributed by atoms with Crippen molar-refractivity contribution in [3.05, 3.63) is 53.9 Å². The topological polar surface area (TPSA) is 52.8 Å². The van der Waals surface area contributed by atoms with E-state index in [1.807, 2.05) is 6.07 Å². The zero-order valence-corrected chi connectivity index (χ0v) is 12.3. The molecule has 0 bridgehead atoms. The van der Waals surface area contributed by atoms with E-state index in [-0.39, 0.29) is 11.2 Å². The molecule has 5 heteroatoms. The van der Waals surface area contributed by atoms with E-state index in [0.717, 1.165) is 25.2 Å². The van der Waals surface area contributed by atoms with E-state index < -0.39 is 0 Å². The highest BCUT2D eigenvalue weighted by atomic mass is 19.1. The van der Waals surface area contributed by atoms with Crippen molar-refractivity contribution in [3.63, 3.8) is 0 Å². The maximum Gasteiger partial charge on any atom is 0.131 e. The van der Waals surface area contributed by atoms with Gasteiger partial charge in [0.2, 0.25) is 0 Å². The molecule has 2 heterocycles. The molecule has 0 amide bonds. The first-order valence-electron chi connectivity index (χ1n) is 7.43. The van der Waals surface area contributed by atoms with Crippen molar-refractivity contribution in [2.24, 2.45) is 11.3 Å². The highest BCUT2D eigenvalue weighted by Gasteiger charge is 2.59. The molecule has 0 radical (unpaired) electrons. The molecule has 0 spiro atoms. The Morgan fingerprint density at radius 2 is 2.22 bits per heavy atom. The highest BCUT2D eigenvalue weighted by Crippen LogP contribution is 2.58. The van der Waals surface area contributed by atoms with Gasteiger partial charge in [0, 0.05) is 31.2 Å². The second-order valence-electron chi connectivity index (χ2n) is 6.09. The number of hydrogen-bond acceptors (Lipinski definition) is 4. The van der Waals surface area contributed by atoms with E-state index in [1.54, 1.807) is 24.7 Å². The van der Waals surface area contributed by atoms with Crippen LogP contribution in [0.25, 0.3) is 0 Å². The monoisotopic (exact) mass is 304 g/mol. The molecular weight excluding hydrogens is 291 g/mol. The van der Waals surface area contributed by atoms with Crippen LogP contribution in [-0.4, -0.2) is 23.1 Å². The van der Waals surface area contributed by atoms with Gasteiger partial charge in [0.25, 0.3) is 0 Å². The molecule has 4 nitrogen and oxygen atoms in total. The molecule has 1 aromatic heterocycles.